The third-order valence-corrected chi connectivity index (χ3v) is 7.02. The molecule has 1 atom stereocenters. The zero-order chi connectivity index (χ0) is 22.8. The summed E-state index contributed by atoms with van der Waals surface area (Å²) in [6.45, 7) is 4.26. The van der Waals surface area contributed by atoms with Gasteiger partial charge < -0.3 is 10.4 Å². The lowest BCUT2D eigenvalue weighted by Gasteiger charge is -2.17. The van der Waals surface area contributed by atoms with Crippen LogP contribution in [0.3, 0.4) is 0 Å². The lowest BCUT2D eigenvalue weighted by atomic mass is 10.1. The van der Waals surface area contributed by atoms with Crippen molar-refractivity contribution in [2.45, 2.75) is 26.0 Å². The van der Waals surface area contributed by atoms with Gasteiger partial charge in [0.05, 0.1) is 22.2 Å². The maximum atomic E-state index is 13.0. The molecule has 1 aliphatic heterocycles. The van der Waals surface area contributed by atoms with E-state index < -0.39 is 0 Å². The molecule has 1 saturated heterocycles. The minimum absolute atomic E-state index is 0.101. The fourth-order valence-electron chi connectivity index (χ4n) is 4.23. The van der Waals surface area contributed by atoms with Crippen LogP contribution in [0, 0.1) is 6.92 Å². The Labute approximate surface area is 196 Å². The first-order chi connectivity index (χ1) is 16.1. The normalized spacial score (nSPS) is 16.7. The van der Waals surface area contributed by atoms with Crippen molar-refractivity contribution >= 4 is 46.0 Å². The monoisotopic (exact) mass is 458 g/mol. The summed E-state index contributed by atoms with van der Waals surface area (Å²) in [5, 5.41) is 23.4. The number of H-pyrrole nitrogens is 1. The first-order valence-corrected chi connectivity index (χ1v) is 11.9. The van der Waals surface area contributed by atoms with E-state index in [-0.39, 0.29) is 12.0 Å². The number of carbonyl (C=O) groups excluding carboxylic acids is 1. The van der Waals surface area contributed by atoms with Crippen molar-refractivity contribution in [2.75, 3.05) is 18.4 Å². The predicted molar refractivity (Wildman–Crippen MR) is 134 cm³/mol. The Bertz CT molecular complexity index is 1320. The molecule has 3 N–H and O–H groups in total. The fraction of sp³-hybridized carbons (Fsp3) is 0.231. The van der Waals surface area contributed by atoms with Gasteiger partial charge in [0.2, 0.25) is 0 Å². The Kier molecular flexibility index (Phi) is 6.09. The van der Waals surface area contributed by atoms with Crippen LogP contribution in [0.5, 0.6) is 0 Å². The standard InChI is InChI=1S/C26H26N4O2S/c1-17-11-13-33-25(17)26(32)27-24-14-18(15-30-12-10-20(31)16-30)6-7-19(24)8-9-23-21-4-2-3-5-22(21)28-29-23/h2-9,11,13-14,20,31H,10,12,15-16H2,1H3,(H,27,32)(H,28,29)/t20-/m1/s1. The van der Waals surface area contributed by atoms with Crippen LogP contribution in [-0.2, 0) is 6.54 Å². The van der Waals surface area contributed by atoms with E-state index in [1.165, 1.54) is 11.3 Å². The molecular formula is C26H26N4O2S. The predicted octanol–water partition coefficient (Wildman–Crippen LogP) is 4.92. The van der Waals surface area contributed by atoms with E-state index in [4.69, 9.17) is 0 Å². The number of para-hydroxylation sites is 1. The topological polar surface area (TPSA) is 81.2 Å². The molecular weight excluding hydrogens is 432 g/mol. The Balaban J connectivity index is 1.45. The number of amides is 1. The minimum atomic E-state index is -0.253. The van der Waals surface area contributed by atoms with Crippen molar-refractivity contribution in [2.24, 2.45) is 0 Å². The number of aryl methyl sites for hydroxylation is 1. The SMILES string of the molecule is Cc1ccsc1C(=O)Nc1cc(CN2CC[C@@H](O)C2)ccc1C=Cc1n[nH]c2ccccc12. The number of β-amino-alcohol motifs (C(OH)–C–C–N with tert-alkyl or cyclic N) is 1. The molecule has 4 aromatic rings. The smallest absolute Gasteiger partial charge is 0.266 e. The van der Waals surface area contributed by atoms with Gasteiger partial charge in [-0.2, -0.15) is 5.10 Å². The van der Waals surface area contributed by atoms with Gasteiger partial charge in [-0.25, -0.2) is 0 Å². The van der Waals surface area contributed by atoms with Crippen LogP contribution in [0.25, 0.3) is 23.1 Å². The number of hydrogen-bond donors (Lipinski definition) is 3. The number of aromatic nitrogens is 2. The Morgan fingerprint density at radius 3 is 2.94 bits per heavy atom. The van der Waals surface area contributed by atoms with Gasteiger partial charge in [-0.15, -0.1) is 11.3 Å². The van der Waals surface area contributed by atoms with Crippen LogP contribution in [0.2, 0.25) is 0 Å². The number of aliphatic hydroxyl groups excluding tert-OH is 1. The number of benzene rings is 2. The van der Waals surface area contributed by atoms with Gasteiger partial charge >= 0.3 is 0 Å². The maximum Gasteiger partial charge on any atom is 0.266 e. The van der Waals surface area contributed by atoms with Crippen LogP contribution < -0.4 is 5.32 Å². The van der Waals surface area contributed by atoms with Crippen LogP contribution >= 0.6 is 11.3 Å². The average molecular weight is 459 g/mol. The number of carbonyl (C=O) groups is 1. The third-order valence-electron chi connectivity index (χ3n) is 6.01. The largest absolute Gasteiger partial charge is 0.392 e. The molecule has 0 saturated carbocycles. The van der Waals surface area contributed by atoms with Gasteiger partial charge in [-0.3, -0.25) is 14.8 Å². The summed E-state index contributed by atoms with van der Waals surface area (Å²) in [6, 6.07) is 16.1. The Hall–Kier alpha value is -3.26. The molecule has 2 aromatic carbocycles. The Morgan fingerprint density at radius 1 is 1.27 bits per heavy atom. The molecule has 6 nitrogen and oxygen atoms in total. The molecule has 0 unspecified atom stereocenters. The highest BCUT2D eigenvalue weighted by molar-refractivity contribution is 7.12. The number of nitrogens with one attached hydrogen (secondary N) is 2. The van der Waals surface area contributed by atoms with Crippen molar-refractivity contribution in [3.8, 4) is 0 Å². The number of hydrogen-bond acceptors (Lipinski definition) is 5. The van der Waals surface area contributed by atoms with E-state index in [2.05, 4.69) is 26.5 Å². The first-order valence-electron chi connectivity index (χ1n) is 11.1. The minimum Gasteiger partial charge on any atom is -0.392 e. The van der Waals surface area contributed by atoms with Gasteiger partial charge in [0, 0.05) is 30.7 Å². The van der Waals surface area contributed by atoms with E-state index in [0.717, 1.165) is 63.4 Å². The number of fused-ring (bicyclic) bond motifs is 1. The molecule has 2 aromatic heterocycles. The molecule has 33 heavy (non-hydrogen) atoms. The maximum absolute atomic E-state index is 13.0. The number of rotatable bonds is 6. The molecule has 0 aliphatic carbocycles. The van der Waals surface area contributed by atoms with E-state index in [0.29, 0.717) is 6.54 Å². The summed E-state index contributed by atoms with van der Waals surface area (Å²) in [4.78, 5) is 15.9. The average Bonchev–Trinajstić information content (AvgIpc) is 3.53. The zero-order valence-corrected chi connectivity index (χ0v) is 19.2. The third kappa shape index (κ3) is 4.75. The highest BCUT2D eigenvalue weighted by Crippen LogP contribution is 2.26. The van der Waals surface area contributed by atoms with Gasteiger partial charge in [0.25, 0.3) is 5.91 Å². The van der Waals surface area contributed by atoms with Crippen LogP contribution in [0.4, 0.5) is 5.69 Å². The molecule has 1 amide bonds. The lowest BCUT2D eigenvalue weighted by Crippen LogP contribution is -2.21. The van der Waals surface area contributed by atoms with Gasteiger partial charge in [-0.05, 0) is 59.7 Å². The zero-order valence-electron chi connectivity index (χ0n) is 18.4. The van der Waals surface area contributed by atoms with Gasteiger partial charge in [0.1, 0.15) is 0 Å². The van der Waals surface area contributed by atoms with Crippen LogP contribution in [-0.4, -0.2) is 45.3 Å². The molecule has 1 aliphatic rings. The highest BCUT2D eigenvalue weighted by atomic mass is 32.1. The van der Waals surface area contributed by atoms with Crippen molar-refractivity contribution in [3.05, 3.63) is 81.2 Å². The summed E-state index contributed by atoms with van der Waals surface area (Å²) in [7, 11) is 0. The number of thiophene rings is 1. The number of likely N-dealkylation sites (tertiary alicyclic amines) is 1. The summed E-state index contributed by atoms with van der Waals surface area (Å²) in [5.41, 5.74) is 5.59. The molecule has 0 spiro atoms. The molecule has 168 valence electrons. The molecule has 1 fully saturated rings. The van der Waals surface area contributed by atoms with Crippen LogP contribution in [0.1, 0.15) is 38.5 Å². The number of aromatic amines is 1. The van der Waals surface area contributed by atoms with Gasteiger partial charge in [-0.1, -0.05) is 36.4 Å². The molecule has 7 heteroatoms. The lowest BCUT2D eigenvalue weighted by molar-refractivity contribution is 0.103. The molecule has 0 bridgehead atoms. The molecule has 0 radical (unpaired) electrons. The van der Waals surface area contributed by atoms with Crippen molar-refractivity contribution in [3.63, 3.8) is 0 Å². The second kappa shape index (κ2) is 9.31. The molecule has 3 heterocycles. The Morgan fingerprint density at radius 2 is 2.15 bits per heavy atom. The van der Waals surface area contributed by atoms with Crippen molar-refractivity contribution < 1.29 is 9.90 Å². The summed E-state index contributed by atoms with van der Waals surface area (Å²) >= 11 is 1.45. The fourth-order valence-corrected chi connectivity index (χ4v) is 5.05. The summed E-state index contributed by atoms with van der Waals surface area (Å²) in [5.74, 6) is -0.101. The quantitative estimate of drug-likeness (QED) is 0.383. The second-order valence-electron chi connectivity index (χ2n) is 8.47. The molecule has 5 rings (SSSR count). The second-order valence-corrected chi connectivity index (χ2v) is 9.39. The van der Waals surface area contributed by atoms with E-state index in [9.17, 15) is 9.90 Å². The van der Waals surface area contributed by atoms with Crippen LogP contribution in [0.15, 0.2) is 53.9 Å². The summed E-state index contributed by atoms with van der Waals surface area (Å²) in [6.07, 6.45) is 4.51. The number of aliphatic hydroxyl groups is 1. The van der Waals surface area contributed by atoms with E-state index in [1.807, 2.05) is 66.9 Å². The highest BCUT2D eigenvalue weighted by Gasteiger charge is 2.20. The van der Waals surface area contributed by atoms with Gasteiger partial charge in [0.15, 0.2) is 0 Å². The number of anilines is 1. The van der Waals surface area contributed by atoms with Crippen molar-refractivity contribution in [1.29, 1.82) is 0 Å². The van der Waals surface area contributed by atoms with E-state index in [1.54, 1.807) is 0 Å². The van der Waals surface area contributed by atoms with Crippen molar-refractivity contribution in [1.82, 2.24) is 15.1 Å². The number of nitrogens with zero attached hydrogens (tertiary/aromatic N) is 2. The summed E-state index contributed by atoms with van der Waals surface area (Å²) < 4.78 is 0. The van der Waals surface area contributed by atoms with E-state index >= 15 is 0 Å². The first kappa shape index (κ1) is 21.6.